The highest BCUT2D eigenvalue weighted by Gasteiger charge is 2.14. The first-order valence-electron chi connectivity index (χ1n) is 8.77. The zero-order valence-corrected chi connectivity index (χ0v) is 15.4. The van der Waals surface area contributed by atoms with Crippen molar-refractivity contribution in [1.82, 2.24) is 10.2 Å². The van der Waals surface area contributed by atoms with Gasteiger partial charge >= 0.3 is 0 Å². The molecular formula is C20H23ClN2O3. The Morgan fingerprint density at radius 3 is 2.62 bits per heavy atom. The summed E-state index contributed by atoms with van der Waals surface area (Å²) in [5.41, 5.74) is 1.54. The van der Waals surface area contributed by atoms with Gasteiger partial charge in [0.25, 0.3) is 5.91 Å². The van der Waals surface area contributed by atoms with Crippen molar-refractivity contribution in [2.24, 2.45) is 0 Å². The summed E-state index contributed by atoms with van der Waals surface area (Å²) in [7, 11) is 0. The van der Waals surface area contributed by atoms with Crippen molar-refractivity contribution in [2.75, 3.05) is 39.4 Å². The van der Waals surface area contributed by atoms with E-state index in [1.165, 1.54) is 0 Å². The maximum Gasteiger partial charge on any atom is 0.255 e. The number of morpholine rings is 1. The van der Waals surface area contributed by atoms with Crippen LogP contribution in [0.2, 0.25) is 5.02 Å². The topological polar surface area (TPSA) is 50.8 Å². The third kappa shape index (κ3) is 5.46. The first-order valence-corrected chi connectivity index (χ1v) is 9.15. The fourth-order valence-electron chi connectivity index (χ4n) is 2.77. The van der Waals surface area contributed by atoms with E-state index in [2.05, 4.69) is 10.2 Å². The Balaban J connectivity index is 1.53. The monoisotopic (exact) mass is 374 g/mol. The Labute approximate surface area is 158 Å². The lowest BCUT2D eigenvalue weighted by molar-refractivity contribution is 0.0383. The van der Waals surface area contributed by atoms with E-state index in [0.717, 1.165) is 38.4 Å². The summed E-state index contributed by atoms with van der Waals surface area (Å²) in [5, 5.41) is 3.66. The molecule has 0 atom stereocenters. The van der Waals surface area contributed by atoms with Gasteiger partial charge in [-0.05, 0) is 29.8 Å². The largest absolute Gasteiger partial charge is 0.488 e. The summed E-state index contributed by atoms with van der Waals surface area (Å²) < 4.78 is 11.2. The maximum atomic E-state index is 12.5. The molecule has 0 bridgehead atoms. The Hall–Kier alpha value is -2.08. The van der Waals surface area contributed by atoms with E-state index in [1.54, 1.807) is 6.07 Å². The molecule has 3 rings (SSSR count). The summed E-state index contributed by atoms with van der Waals surface area (Å²) in [6.07, 6.45) is 0. The summed E-state index contributed by atoms with van der Waals surface area (Å²) in [6.45, 7) is 5.15. The maximum absolute atomic E-state index is 12.5. The molecule has 26 heavy (non-hydrogen) atoms. The number of carbonyl (C=O) groups is 1. The number of hydrogen-bond acceptors (Lipinski definition) is 4. The number of rotatable bonds is 7. The van der Waals surface area contributed by atoms with Gasteiger partial charge in [-0.2, -0.15) is 0 Å². The summed E-state index contributed by atoms with van der Waals surface area (Å²) in [4.78, 5) is 14.8. The predicted octanol–water partition coefficient (Wildman–Crippen LogP) is 2.98. The van der Waals surface area contributed by atoms with Crippen LogP contribution in [0.3, 0.4) is 0 Å². The number of amides is 1. The predicted molar refractivity (Wildman–Crippen MR) is 102 cm³/mol. The van der Waals surface area contributed by atoms with E-state index < -0.39 is 0 Å². The average Bonchev–Trinajstić information content (AvgIpc) is 2.68. The van der Waals surface area contributed by atoms with Crippen molar-refractivity contribution in [1.29, 1.82) is 0 Å². The van der Waals surface area contributed by atoms with Crippen LogP contribution in [0, 0.1) is 0 Å². The van der Waals surface area contributed by atoms with Crippen molar-refractivity contribution >= 4 is 17.5 Å². The third-order valence-electron chi connectivity index (χ3n) is 4.26. The minimum absolute atomic E-state index is 0.120. The van der Waals surface area contributed by atoms with Crippen LogP contribution in [0.5, 0.6) is 5.75 Å². The molecule has 138 valence electrons. The average molecular weight is 375 g/mol. The van der Waals surface area contributed by atoms with Crippen molar-refractivity contribution in [3.05, 3.63) is 64.7 Å². The fourth-order valence-corrected chi connectivity index (χ4v) is 2.90. The second-order valence-electron chi connectivity index (χ2n) is 6.12. The van der Waals surface area contributed by atoms with Gasteiger partial charge in [0.05, 0.1) is 18.8 Å². The Bertz CT molecular complexity index is 715. The van der Waals surface area contributed by atoms with E-state index in [4.69, 9.17) is 21.1 Å². The van der Waals surface area contributed by atoms with E-state index in [9.17, 15) is 4.79 Å². The number of halogens is 1. The standard InChI is InChI=1S/C20H23ClN2O3/c21-17-7-5-16(6-8-17)15-26-19-4-2-1-3-18(19)20(24)22-9-10-23-11-13-25-14-12-23/h1-8H,9-15H2,(H,22,24). The second kappa shape index (κ2) is 9.57. The third-order valence-corrected chi connectivity index (χ3v) is 4.51. The number of benzene rings is 2. The number of nitrogens with one attached hydrogen (secondary N) is 1. The van der Waals surface area contributed by atoms with Crippen molar-refractivity contribution in [2.45, 2.75) is 6.61 Å². The van der Waals surface area contributed by atoms with Crippen LogP contribution < -0.4 is 10.1 Å². The van der Waals surface area contributed by atoms with E-state index in [-0.39, 0.29) is 5.91 Å². The molecule has 1 aliphatic heterocycles. The molecule has 1 amide bonds. The molecule has 2 aromatic carbocycles. The zero-order valence-electron chi connectivity index (χ0n) is 14.6. The Kier molecular flexibility index (Phi) is 6.89. The van der Waals surface area contributed by atoms with Crippen LogP contribution in [0.25, 0.3) is 0 Å². The van der Waals surface area contributed by atoms with Crippen molar-refractivity contribution in [3.8, 4) is 5.75 Å². The van der Waals surface area contributed by atoms with Crippen LogP contribution >= 0.6 is 11.6 Å². The van der Waals surface area contributed by atoms with E-state index in [0.29, 0.717) is 29.5 Å². The van der Waals surface area contributed by atoms with Crippen molar-refractivity contribution < 1.29 is 14.3 Å². The van der Waals surface area contributed by atoms with Crippen LogP contribution in [0.15, 0.2) is 48.5 Å². The number of nitrogens with zero attached hydrogens (tertiary/aromatic N) is 1. The molecule has 0 unspecified atom stereocenters. The second-order valence-corrected chi connectivity index (χ2v) is 6.56. The highest BCUT2D eigenvalue weighted by Crippen LogP contribution is 2.20. The summed E-state index contributed by atoms with van der Waals surface area (Å²) in [5.74, 6) is 0.455. The van der Waals surface area contributed by atoms with Gasteiger partial charge in [0.15, 0.2) is 0 Å². The molecule has 2 aromatic rings. The van der Waals surface area contributed by atoms with Gasteiger partial charge in [0, 0.05) is 31.2 Å². The van der Waals surface area contributed by atoms with E-state index >= 15 is 0 Å². The molecule has 0 saturated carbocycles. The first-order chi connectivity index (χ1) is 12.7. The minimum atomic E-state index is -0.120. The molecule has 0 spiro atoms. The van der Waals surface area contributed by atoms with Crippen LogP contribution in [-0.2, 0) is 11.3 Å². The number of para-hydroxylation sites is 1. The Morgan fingerprint density at radius 2 is 1.85 bits per heavy atom. The summed E-state index contributed by atoms with van der Waals surface area (Å²) >= 11 is 5.90. The minimum Gasteiger partial charge on any atom is -0.488 e. The number of ether oxygens (including phenoxy) is 2. The highest BCUT2D eigenvalue weighted by molar-refractivity contribution is 6.30. The van der Waals surface area contributed by atoms with Gasteiger partial charge < -0.3 is 14.8 Å². The van der Waals surface area contributed by atoms with Gasteiger partial charge in [-0.25, -0.2) is 0 Å². The lowest BCUT2D eigenvalue weighted by atomic mass is 10.2. The molecule has 6 heteroatoms. The molecule has 1 N–H and O–H groups in total. The lowest BCUT2D eigenvalue weighted by Crippen LogP contribution is -2.41. The molecule has 0 aliphatic carbocycles. The molecular weight excluding hydrogens is 352 g/mol. The molecule has 1 saturated heterocycles. The first kappa shape index (κ1) is 18.7. The van der Waals surface area contributed by atoms with Crippen molar-refractivity contribution in [3.63, 3.8) is 0 Å². The SMILES string of the molecule is O=C(NCCN1CCOCC1)c1ccccc1OCc1ccc(Cl)cc1. The lowest BCUT2D eigenvalue weighted by Gasteiger charge is -2.26. The Morgan fingerprint density at radius 1 is 1.12 bits per heavy atom. The molecule has 0 radical (unpaired) electrons. The van der Waals surface area contributed by atoms with Gasteiger partial charge in [-0.1, -0.05) is 35.9 Å². The zero-order chi connectivity index (χ0) is 18.2. The molecule has 5 nitrogen and oxygen atoms in total. The quantitative estimate of drug-likeness (QED) is 0.809. The molecule has 1 aliphatic rings. The normalized spacial score (nSPS) is 14.8. The molecule has 1 heterocycles. The van der Waals surface area contributed by atoms with Gasteiger partial charge in [-0.3, -0.25) is 9.69 Å². The van der Waals surface area contributed by atoms with Gasteiger partial charge in [0.1, 0.15) is 12.4 Å². The van der Waals surface area contributed by atoms with Crippen LogP contribution in [-0.4, -0.2) is 50.2 Å². The highest BCUT2D eigenvalue weighted by atomic mass is 35.5. The van der Waals surface area contributed by atoms with Gasteiger partial charge in [-0.15, -0.1) is 0 Å². The molecule has 1 fully saturated rings. The summed E-state index contributed by atoms with van der Waals surface area (Å²) in [6, 6.07) is 14.8. The van der Waals surface area contributed by atoms with Crippen LogP contribution in [0.4, 0.5) is 0 Å². The van der Waals surface area contributed by atoms with Gasteiger partial charge in [0.2, 0.25) is 0 Å². The number of hydrogen-bond donors (Lipinski definition) is 1. The number of carbonyl (C=O) groups excluding carboxylic acids is 1. The fraction of sp³-hybridized carbons (Fsp3) is 0.350. The molecule has 0 aromatic heterocycles. The van der Waals surface area contributed by atoms with Crippen LogP contribution in [0.1, 0.15) is 15.9 Å². The smallest absolute Gasteiger partial charge is 0.255 e. The van der Waals surface area contributed by atoms with E-state index in [1.807, 2.05) is 42.5 Å².